The number of carbonyl (C=O) groups is 2. The predicted octanol–water partition coefficient (Wildman–Crippen LogP) is 3.08. The molecule has 2 aromatic rings. The molecule has 4 heteroatoms. The average molecular weight is 324 g/mol. The highest BCUT2D eigenvalue weighted by Crippen LogP contribution is 2.11. The van der Waals surface area contributed by atoms with Crippen molar-refractivity contribution in [3.05, 3.63) is 70.8 Å². The lowest BCUT2D eigenvalue weighted by atomic mass is 10.1. The van der Waals surface area contributed by atoms with E-state index in [2.05, 4.69) is 5.32 Å². The summed E-state index contributed by atoms with van der Waals surface area (Å²) in [6, 6.07) is 15.4. The first-order valence-electron chi connectivity index (χ1n) is 8.19. The van der Waals surface area contributed by atoms with Crippen molar-refractivity contribution in [1.29, 1.82) is 0 Å². The van der Waals surface area contributed by atoms with Crippen LogP contribution in [-0.2, 0) is 11.3 Å². The van der Waals surface area contributed by atoms with Crippen LogP contribution in [0.4, 0.5) is 0 Å². The number of nitrogens with zero attached hydrogens (tertiary/aromatic N) is 1. The molecule has 0 spiro atoms. The van der Waals surface area contributed by atoms with E-state index in [0.29, 0.717) is 18.7 Å². The maximum Gasteiger partial charge on any atom is 0.251 e. The van der Waals surface area contributed by atoms with Gasteiger partial charge in [-0.15, -0.1) is 0 Å². The number of amides is 2. The number of rotatable bonds is 6. The molecule has 2 amide bonds. The normalized spacial score (nSPS) is 10.3. The molecule has 0 saturated carbocycles. The quantitative estimate of drug-likeness (QED) is 0.888. The average Bonchev–Trinajstić information content (AvgIpc) is 2.59. The van der Waals surface area contributed by atoms with Gasteiger partial charge in [0.05, 0.1) is 6.54 Å². The Morgan fingerprint density at radius 3 is 2.21 bits per heavy atom. The molecule has 0 fully saturated rings. The van der Waals surface area contributed by atoms with Crippen molar-refractivity contribution in [2.45, 2.75) is 27.3 Å². The van der Waals surface area contributed by atoms with E-state index in [1.807, 2.05) is 63.2 Å². The second-order valence-electron chi connectivity index (χ2n) is 5.83. The lowest BCUT2D eigenvalue weighted by Crippen LogP contribution is -2.40. The van der Waals surface area contributed by atoms with Crippen LogP contribution in [-0.4, -0.2) is 29.8 Å². The summed E-state index contributed by atoms with van der Waals surface area (Å²) in [5.41, 5.74) is 3.78. The van der Waals surface area contributed by atoms with Crippen LogP contribution in [0.2, 0.25) is 0 Å². The Morgan fingerprint density at radius 2 is 1.58 bits per heavy atom. The van der Waals surface area contributed by atoms with E-state index < -0.39 is 0 Å². The zero-order valence-corrected chi connectivity index (χ0v) is 14.5. The molecule has 126 valence electrons. The van der Waals surface area contributed by atoms with Gasteiger partial charge in [-0.2, -0.15) is 0 Å². The van der Waals surface area contributed by atoms with Gasteiger partial charge in [-0.05, 0) is 43.5 Å². The minimum atomic E-state index is -0.214. The smallest absolute Gasteiger partial charge is 0.251 e. The number of aryl methyl sites for hydroxylation is 2. The van der Waals surface area contributed by atoms with E-state index in [1.165, 1.54) is 0 Å². The van der Waals surface area contributed by atoms with Gasteiger partial charge in [0.1, 0.15) is 0 Å². The fraction of sp³-hybridized carbons (Fsp3) is 0.300. The molecule has 0 bridgehead atoms. The van der Waals surface area contributed by atoms with E-state index in [1.54, 1.807) is 11.0 Å². The third kappa shape index (κ3) is 4.44. The van der Waals surface area contributed by atoms with Crippen LogP contribution < -0.4 is 5.32 Å². The van der Waals surface area contributed by atoms with Crippen molar-refractivity contribution in [3.63, 3.8) is 0 Å². The molecule has 1 N–H and O–H groups in total. The zero-order chi connectivity index (χ0) is 17.5. The number of hydrogen-bond donors (Lipinski definition) is 1. The van der Waals surface area contributed by atoms with Crippen molar-refractivity contribution in [2.24, 2.45) is 0 Å². The molecule has 0 saturated heterocycles. The summed E-state index contributed by atoms with van der Waals surface area (Å²) in [6.45, 7) is 7.03. The molecule has 24 heavy (non-hydrogen) atoms. The molecule has 0 unspecified atom stereocenters. The van der Waals surface area contributed by atoms with E-state index in [9.17, 15) is 9.59 Å². The van der Waals surface area contributed by atoms with Gasteiger partial charge >= 0.3 is 0 Å². The van der Waals surface area contributed by atoms with E-state index in [0.717, 1.165) is 16.7 Å². The molecule has 0 atom stereocenters. The van der Waals surface area contributed by atoms with Gasteiger partial charge in [-0.25, -0.2) is 0 Å². The van der Waals surface area contributed by atoms with Crippen LogP contribution in [0, 0.1) is 13.8 Å². The van der Waals surface area contributed by atoms with Crippen LogP contribution >= 0.6 is 0 Å². The molecule has 0 heterocycles. The molecular weight excluding hydrogens is 300 g/mol. The molecule has 0 aliphatic carbocycles. The molecule has 0 aromatic heterocycles. The van der Waals surface area contributed by atoms with E-state index in [-0.39, 0.29) is 18.4 Å². The molecule has 2 rings (SSSR count). The molecular formula is C20H24N2O2. The first-order chi connectivity index (χ1) is 11.5. The third-order valence-corrected chi connectivity index (χ3v) is 4.15. The standard InChI is InChI=1S/C20H24N2O2/c1-4-22(14-17-11-7-5-9-15(17)2)19(23)13-21-20(24)18-12-8-6-10-16(18)3/h5-12H,4,13-14H2,1-3H3,(H,21,24). The predicted molar refractivity (Wildman–Crippen MR) is 95.8 cm³/mol. The van der Waals surface area contributed by atoms with Gasteiger partial charge in [0.25, 0.3) is 5.91 Å². The van der Waals surface area contributed by atoms with Gasteiger partial charge in [-0.3, -0.25) is 9.59 Å². The summed E-state index contributed by atoms with van der Waals surface area (Å²) in [4.78, 5) is 26.4. The molecule has 2 aromatic carbocycles. The fourth-order valence-corrected chi connectivity index (χ4v) is 2.56. The van der Waals surface area contributed by atoms with Crippen LogP contribution in [0.5, 0.6) is 0 Å². The second-order valence-corrected chi connectivity index (χ2v) is 5.83. The van der Waals surface area contributed by atoms with Gasteiger partial charge < -0.3 is 10.2 Å². The van der Waals surface area contributed by atoms with Gasteiger partial charge in [0, 0.05) is 18.7 Å². The maximum absolute atomic E-state index is 12.4. The Balaban J connectivity index is 1.96. The van der Waals surface area contributed by atoms with Crippen LogP contribution in [0.3, 0.4) is 0 Å². The first kappa shape index (κ1) is 17.7. The van der Waals surface area contributed by atoms with Crippen LogP contribution in [0.25, 0.3) is 0 Å². The third-order valence-electron chi connectivity index (χ3n) is 4.15. The Kier molecular flexibility index (Phi) is 6.13. The first-order valence-corrected chi connectivity index (χ1v) is 8.19. The van der Waals surface area contributed by atoms with Crippen LogP contribution in [0.15, 0.2) is 48.5 Å². The van der Waals surface area contributed by atoms with Gasteiger partial charge in [-0.1, -0.05) is 42.5 Å². The van der Waals surface area contributed by atoms with Crippen molar-refractivity contribution < 1.29 is 9.59 Å². The largest absolute Gasteiger partial charge is 0.343 e. The second kappa shape index (κ2) is 8.29. The molecule has 0 radical (unpaired) electrons. The summed E-state index contributed by atoms with van der Waals surface area (Å²) < 4.78 is 0. The van der Waals surface area contributed by atoms with Gasteiger partial charge in [0.2, 0.25) is 5.91 Å². The highest BCUT2D eigenvalue weighted by atomic mass is 16.2. The molecule has 0 aliphatic heterocycles. The van der Waals surface area contributed by atoms with E-state index in [4.69, 9.17) is 0 Å². The lowest BCUT2D eigenvalue weighted by molar-refractivity contribution is -0.130. The number of benzene rings is 2. The summed E-state index contributed by atoms with van der Waals surface area (Å²) in [5, 5.41) is 2.72. The van der Waals surface area contributed by atoms with Gasteiger partial charge in [0.15, 0.2) is 0 Å². The number of hydrogen-bond acceptors (Lipinski definition) is 2. The van der Waals surface area contributed by atoms with Crippen molar-refractivity contribution in [2.75, 3.05) is 13.1 Å². The lowest BCUT2D eigenvalue weighted by Gasteiger charge is -2.22. The summed E-state index contributed by atoms with van der Waals surface area (Å²) >= 11 is 0. The van der Waals surface area contributed by atoms with Crippen LogP contribution in [0.1, 0.15) is 34.0 Å². The molecule has 4 nitrogen and oxygen atoms in total. The number of carbonyl (C=O) groups excluding carboxylic acids is 2. The highest BCUT2D eigenvalue weighted by molar-refractivity contribution is 5.97. The summed E-state index contributed by atoms with van der Waals surface area (Å²) in [6.07, 6.45) is 0. The topological polar surface area (TPSA) is 49.4 Å². The SMILES string of the molecule is CCN(Cc1ccccc1C)C(=O)CNC(=O)c1ccccc1C. The minimum absolute atomic E-state index is 0.00683. The van der Waals surface area contributed by atoms with Crippen molar-refractivity contribution in [1.82, 2.24) is 10.2 Å². The zero-order valence-electron chi connectivity index (χ0n) is 14.5. The monoisotopic (exact) mass is 324 g/mol. The number of nitrogens with one attached hydrogen (secondary N) is 1. The maximum atomic E-state index is 12.4. The van der Waals surface area contributed by atoms with Crippen molar-refractivity contribution >= 4 is 11.8 Å². The Hall–Kier alpha value is -2.62. The molecule has 0 aliphatic rings. The Bertz CT molecular complexity index is 725. The Labute approximate surface area is 143 Å². The van der Waals surface area contributed by atoms with E-state index >= 15 is 0 Å². The summed E-state index contributed by atoms with van der Waals surface area (Å²) in [5.74, 6) is -0.295. The highest BCUT2D eigenvalue weighted by Gasteiger charge is 2.15. The minimum Gasteiger partial charge on any atom is -0.343 e. The van der Waals surface area contributed by atoms with Crippen molar-refractivity contribution in [3.8, 4) is 0 Å². The number of likely N-dealkylation sites (N-methyl/N-ethyl adjacent to an activating group) is 1. The fourth-order valence-electron chi connectivity index (χ4n) is 2.56. The summed E-state index contributed by atoms with van der Waals surface area (Å²) in [7, 11) is 0. The Morgan fingerprint density at radius 1 is 0.958 bits per heavy atom.